The molecule has 3 nitrogen and oxygen atoms in total. The van der Waals surface area contributed by atoms with E-state index in [2.05, 4.69) is 91.0 Å². The fourth-order valence-electron chi connectivity index (χ4n) is 3.04. The fourth-order valence-corrected chi connectivity index (χ4v) is 5.53. The number of allylic oxidation sites excluding steroid dienone is 3. The Hall–Kier alpha value is -1.73. The Balaban J connectivity index is 0.000000205. The standard InChI is InChI=1S/C19H16S.C6H5Cl3O3S/c1-4-10-16(11-5-1)19(17-12-6-2-7-13-17)20-18-14-8-3-9-15-18;7-4-1-2-6(9,3-5(4)8)13(10,11)12/h1-15,19H;1-2H,3H2,(H,10,11,12). The van der Waals surface area contributed by atoms with Crippen molar-refractivity contribution in [3.63, 3.8) is 0 Å². The Labute approximate surface area is 213 Å². The Morgan fingerprint density at radius 2 is 1.27 bits per heavy atom. The number of halogens is 3. The summed E-state index contributed by atoms with van der Waals surface area (Å²) in [6.07, 6.45) is 2.11. The van der Waals surface area contributed by atoms with Crippen LogP contribution in [0.1, 0.15) is 22.8 Å². The number of benzene rings is 3. The second-order valence-corrected chi connectivity index (χ2v) is 11.8. The summed E-state index contributed by atoms with van der Waals surface area (Å²) in [5, 5.41) is 0.665. The molecule has 0 radical (unpaired) electrons. The van der Waals surface area contributed by atoms with E-state index in [0.29, 0.717) is 5.25 Å². The molecule has 0 saturated heterocycles. The summed E-state index contributed by atoms with van der Waals surface area (Å²) in [5.41, 5.74) is 2.68. The molecule has 0 spiro atoms. The summed E-state index contributed by atoms with van der Waals surface area (Å²) in [6.45, 7) is 0. The van der Waals surface area contributed by atoms with Crippen LogP contribution in [0.5, 0.6) is 0 Å². The van der Waals surface area contributed by atoms with Crippen LogP contribution in [0.3, 0.4) is 0 Å². The first-order valence-electron chi connectivity index (χ1n) is 9.90. The van der Waals surface area contributed by atoms with Gasteiger partial charge in [0.15, 0.2) is 4.21 Å². The highest BCUT2D eigenvalue weighted by atomic mass is 35.5. The van der Waals surface area contributed by atoms with Gasteiger partial charge in [-0.25, -0.2) is 0 Å². The number of thioether (sulfide) groups is 1. The Morgan fingerprint density at radius 3 is 1.70 bits per heavy atom. The van der Waals surface area contributed by atoms with Gasteiger partial charge in [0.25, 0.3) is 10.1 Å². The van der Waals surface area contributed by atoms with E-state index in [1.165, 1.54) is 22.1 Å². The van der Waals surface area contributed by atoms with Gasteiger partial charge in [-0.15, -0.1) is 11.8 Å². The smallest absolute Gasteiger partial charge is 0.284 e. The molecule has 0 saturated carbocycles. The zero-order chi connectivity index (χ0) is 23.9. The largest absolute Gasteiger partial charge is 0.288 e. The number of rotatable bonds is 5. The molecule has 8 heteroatoms. The molecule has 33 heavy (non-hydrogen) atoms. The van der Waals surface area contributed by atoms with Gasteiger partial charge in [-0.05, 0) is 35.4 Å². The zero-order valence-corrected chi connectivity index (χ0v) is 21.2. The van der Waals surface area contributed by atoms with Crippen LogP contribution in [-0.2, 0) is 10.1 Å². The first-order chi connectivity index (χ1) is 15.7. The maximum Gasteiger partial charge on any atom is 0.288 e. The van der Waals surface area contributed by atoms with Gasteiger partial charge >= 0.3 is 0 Å². The summed E-state index contributed by atoms with van der Waals surface area (Å²) in [5.74, 6) is 0. The third-order valence-corrected chi connectivity index (χ3v) is 8.86. The van der Waals surface area contributed by atoms with Crippen LogP contribution in [0, 0.1) is 0 Å². The lowest BCUT2D eigenvalue weighted by atomic mass is 10.0. The van der Waals surface area contributed by atoms with Gasteiger partial charge in [0.1, 0.15) is 0 Å². The second kappa shape index (κ2) is 11.6. The molecule has 1 aliphatic rings. The van der Waals surface area contributed by atoms with E-state index < -0.39 is 14.3 Å². The van der Waals surface area contributed by atoms with Gasteiger partial charge in [0, 0.05) is 16.3 Å². The van der Waals surface area contributed by atoms with Gasteiger partial charge in [-0.3, -0.25) is 4.55 Å². The van der Waals surface area contributed by atoms with Gasteiger partial charge in [0.05, 0.1) is 10.3 Å². The van der Waals surface area contributed by atoms with Crippen LogP contribution in [0.15, 0.2) is 118 Å². The molecule has 4 rings (SSSR count). The van der Waals surface area contributed by atoms with Crippen LogP contribution in [-0.4, -0.2) is 17.2 Å². The molecule has 0 aromatic heterocycles. The molecular weight excluding hydrogens is 519 g/mol. The van der Waals surface area contributed by atoms with E-state index >= 15 is 0 Å². The lowest BCUT2D eigenvalue weighted by Crippen LogP contribution is -2.31. The maximum atomic E-state index is 10.8. The van der Waals surface area contributed by atoms with Crippen LogP contribution in [0.2, 0.25) is 0 Å². The summed E-state index contributed by atoms with van der Waals surface area (Å²) in [7, 11) is -4.38. The highest BCUT2D eigenvalue weighted by Crippen LogP contribution is 2.40. The average Bonchev–Trinajstić information content (AvgIpc) is 2.82. The highest BCUT2D eigenvalue weighted by molar-refractivity contribution is 7.99. The van der Waals surface area contributed by atoms with Crippen LogP contribution in [0.25, 0.3) is 0 Å². The van der Waals surface area contributed by atoms with Crippen molar-refractivity contribution in [1.29, 1.82) is 0 Å². The van der Waals surface area contributed by atoms with Crippen molar-refractivity contribution in [3.8, 4) is 0 Å². The lowest BCUT2D eigenvalue weighted by molar-refractivity contribution is 0.468. The van der Waals surface area contributed by atoms with Crippen LogP contribution >= 0.6 is 46.6 Å². The monoisotopic (exact) mass is 538 g/mol. The SMILES string of the molecule is O=S(=O)(O)C1(Cl)C=CC(Cl)=C(Cl)C1.c1ccc(SC(c2ccccc2)c2ccccc2)cc1. The first-order valence-corrected chi connectivity index (χ1v) is 13.4. The summed E-state index contributed by atoms with van der Waals surface area (Å²) >= 11 is 18.7. The molecule has 172 valence electrons. The number of hydrogen-bond acceptors (Lipinski definition) is 3. The molecule has 0 heterocycles. The molecule has 0 bridgehead atoms. The van der Waals surface area contributed by atoms with E-state index in [1.54, 1.807) is 0 Å². The topological polar surface area (TPSA) is 54.4 Å². The van der Waals surface area contributed by atoms with E-state index in [0.717, 1.165) is 6.08 Å². The highest BCUT2D eigenvalue weighted by Gasteiger charge is 2.41. The number of alkyl halides is 1. The molecular formula is C25H21Cl3O3S2. The molecule has 0 amide bonds. The third-order valence-electron chi connectivity index (χ3n) is 4.76. The summed E-state index contributed by atoms with van der Waals surface area (Å²) in [6, 6.07) is 32.0. The minimum atomic E-state index is -4.38. The van der Waals surface area contributed by atoms with Gasteiger partial charge in [-0.2, -0.15) is 8.42 Å². The Kier molecular flexibility index (Phi) is 9.10. The molecule has 3 aromatic carbocycles. The van der Waals surface area contributed by atoms with Gasteiger partial charge < -0.3 is 0 Å². The average molecular weight is 540 g/mol. The quantitative estimate of drug-likeness (QED) is 0.203. The maximum absolute atomic E-state index is 10.8. The van der Waals surface area contributed by atoms with Crippen molar-refractivity contribution in [1.82, 2.24) is 0 Å². The molecule has 1 unspecified atom stereocenters. The lowest BCUT2D eigenvalue weighted by Gasteiger charge is -2.22. The summed E-state index contributed by atoms with van der Waals surface area (Å²) < 4.78 is 28.5. The normalized spacial score (nSPS) is 18.1. The molecule has 0 fully saturated rings. The van der Waals surface area contributed by atoms with Crippen molar-refractivity contribution in [3.05, 3.63) is 124 Å². The van der Waals surface area contributed by atoms with Crippen LogP contribution < -0.4 is 0 Å². The minimum absolute atomic E-state index is 0.108. The van der Waals surface area contributed by atoms with Crippen molar-refractivity contribution in [2.24, 2.45) is 0 Å². The van der Waals surface area contributed by atoms with Crippen molar-refractivity contribution < 1.29 is 13.0 Å². The van der Waals surface area contributed by atoms with E-state index in [1.807, 2.05) is 11.8 Å². The predicted octanol–water partition coefficient (Wildman–Crippen LogP) is 8.03. The second-order valence-electron chi connectivity index (χ2n) is 7.16. The first kappa shape index (κ1) is 25.9. The van der Waals surface area contributed by atoms with Crippen LogP contribution in [0.4, 0.5) is 0 Å². The fraction of sp³-hybridized carbons (Fsp3) is 0.120. The van der Waals surface area contributed by atoms with Crippen molar-refractivity contribution >= 4 is 56.7 Å². The number of hydrogen-bond donors (Lipinski definition) is 1. The van der Waals surface area contributed by atoms with E-state index in [-0.39, 0.29) is 16.5 Å². The van der Waals surface area contributed by atoms with Gasteiger partial charge in [-0.1, -0.05) is 114 Å². The third kappa shape index (κ3) is 7.12. The van der Waals surface area contributed by atoms with Crippen molar-refractivity contribution in [2.45, 2.75) is 20.8 Å². The molecule has 3 aromatic rings. The Morgan fingerprint density at radius 1 is 0.818 bits per heavy atom. The molecule has 1 atom stereocenters. The zero-order valence-electron chi connectivity index (χ0n) is 17.3. The molecule has 1 aliphatic carbocycles. The minimum Gasteiger partial charge on any atom is -0.284 e. The predicted molar refractivity (Wildman–Crippen MR) is 140 cm³/mol. The molecule has 1 N–H and O–H groups in total. The summed E-state index contributed by atoms with van der Waals surface area (Å²) in [4.78, 5) is 1.30. The van der Waals surface area contributed by atoms with Gasteiger partial charge in [0.2, 0.25) is 0 Å². The van der Waals surface area contributed by atoms with E-state index in [9.17, 15) is 8.42 Å². The Bertz CT molecular complexity index is 1180. The van der Waals surface area contributed by atoms with Crippen molar-refractivity contribution in [2.75, 3.05) is 0 Å². The van der Waals surface area contributed by atoms with E-state index in [4.69, 9.17) is 39.4 Å². The molecule has 0 aliphatic heterocycles.